The number of aliphatic hydroxyl groups excluding tert-OH is 1. The van der Waals surface area contributed by atoms with Gasteiger partial charge in [-0.15, -0.1) is 11.6 Å². The van der Waals surface area contributed by atoms with Gasteiger partial charge < -0.3 is 9.84 Å². The summed E-state index contributed by atoms with van der Waals surface area (Å²) in [7, 11) is 0. The number of carbonyl (C=O) groups is 3. The lowest BCUT2D eigenvalue weighted by atomic mass is 9.44. The second kappa shape index (κ2) is 9.29. The lowest BCUT2D eigenvalue weighted by molar-refractivity contribution is -0.226. The number of esters is 1. The summed E-state index contributed by atoms with van der Waals surface area (Å²) in [5.41, 5.74) is -4.87. The lowest BCUT2D eigenvalue weighted by Crippen LogP contribution is -2.70. The Morgan fingerprint density at radius 2 is 2.03 bits per heavy atom. The minimum Gasteiger partial charge on any atom is -0.450 e. The van der Waals surface area contributed by atoms with Gasteiger partial charge in [-0.3, -0.25) is 14.4 Å². The smallest absolute Gasteiger partial charge is 0.307 e. The number of rotatable bonds is 7. The Hall–Kier alpha value is -1.18. The summed E-state index contributed by atoms with van der Waals surface area (Å²) in [6, 6.07) is 0. The number of hydrogen-bond donors (Lipinski definition) is 1. The topological polar surface area (TPSA) is 80.7 Å². The van der Waals surface area contributed by atoms with Gasteiger partial charge in [0.2, 0.25) is 0 Å². The monoisotopic (exact) mass is 526 g/mol. The summed E-state index contributed by atoms with van der Waals surface area (Å²) in [6.07, 6.45) is 4.75. The summed E-state index contributed by atoms with van der Waals surface area (Å²) in [4.78, 5) is 38.5. The van der Waals surface area contributed by atoms with E-state index in [1.54, 1.807) is 24.8 Å². The van der Waals surface area contributed by atoms with Crippen LogP contribution in [0, 0.1) is 28.6 Å². The first-order chi connectivity index (χ1) is 16.4. The number of halogens is 2. The van der Waals surface area contributed by atoms with E-state index in [0.29, 0.717) is 30.6 Å². The van der Waals surface area contributed by atoms with Crippen molar-refractivity contribution in [2.75, 3.05) is 17.4 Å². The van der Waals surface area contributed by atoms with Crippen LogP contribution in [0.3, 0.4) is 0 Å². The number of fused-ring (bicyclic) bond motifs is 5. The molecule has 8 atom stereocenters. The molecule has 0 aliphatic heterocycles. The fourth-order valence-corrected chi connectivity index (χ4v) is 8.83. The molecule has 0 aromatic rings. The van der Waals surface area contributed by atoms with Crippen LogP contribution in [0.2, 0.25) is 0 Å². The number of thioether (sulfide) groups is 1. The lowest BCUT2D eigenvalue weighted by Gasteiger charge is -2.62. The zero-order chi connectivity index (χ0) is 25.8. The van der Waals surface area contributed by atoms with Gasteiger partial charge in [0.1, 0.15) is 0 Å². The highest BCUT2D eigenvalue weighted by molar-refractivity contribution is 7.99. The van der Waals surface area contributed by atoms with E-state index in [-0.39, 0.29) is 42.1 Å². The molecule has 194 valence electrons. The molecule has 35 heavy (non-hydrogen) atoms. The molecule has 0 radical (unpaired) electrons. The maximum atomic E-state index is 17.3. The first kappa shape index (κ1) is 26.9. The molecule has 8 heteroatoms. The summed E-state index contributed by atoms with van der Waals surface area (Å²) in [6.45, 7) is 7.52. The van der Waals surface area contributed by atoms with Crippen LogP contribution >= 0.6 is 23.4 Å². The van der Waals surface area contributed by atoms with Gasteiger partial charge >= 0.3 is 5.97 Å². The van der Waals surface area contributed by atoms with E-state index < -0.39 is 40.1 Å². The molecule has 0 heterocycles. The fraction of sp³-hybridized carbons (Fsp3) is 0.741. The summed E-state index contributed by atoms with van der Waals surface area (Å²) in [5.74, 6) is -1.07. The van der Waals surface area contributed by atoms with E-state index in [1.165, 1.54) is 12.2 Å². The first-order valence-corrected chi connectivity index (χ1v) is 14.3. The number of allylic oxidation sites excluding steroid dienone is 4. The van der Waals surface area contributed by atoms with Crippen LogP contribution in [0.5, 0.6) is 0 Å². The third-order valence-corrected chi connectivity index (χ3v) is 10.8. The van der Waals surface area contributed by atoms with Crippen molar-refractivity contribution in [1.29, 1.82) is 0 Å². The van der Waals surface area contributed by atoms with Gasteiger partial charge in [-0.1, -0.05) is 32.4 Å². The maximum Gasteiger partial charge on any atom is 0.307 e. The molecular formula is C27H36ClFO5S. The third kappa shape index (κ3) is 3.62. The van der Waals surface area contributed by atoms with Gasteiger partial charge in [0, 0.05) is 28.4 Å². The largest absolute Gasteiger partial charge is 0.450 e. The molecule has 4 rings (SSSR count). The molecule has 5 nitrogen and oxygen atoms in total. The zero-order valence-electron chi connectivity index (χ0n) is 20.9. The minimum atomic E-state index is -2.00. The Morgan fingerprint density at radius 1 is 1.31 bits per heavy atom. The van der Waals surface area contributed by atoms with Gasteiger partial charge in [0.25, 0.3) is 0 Å². The summed E-state index contributed by atoms with van der Waals surface area (Å²) < 4.78 is 23.4. The van der Waals surface area contributed by atoms with Crippen molar-refractivity contribution in [2.24, 2.45) is 28.6 Å². The van der Waals surface area contributed by atoms with E-state index in [9.17, 15) is 19.5 Å². The van der Waals surface area contributed by atoms with Gasteiger partial charge in [-0.05, 0) is 56.4 Å². The average Bonchev–Trinajstić information content (AvgIpc) is 3.02. The molecular weight excluding hydrogens is 491 g/mol. The Kier molecular flexibility index (Phi) is 7.13. The third-order valence-electron chi connectivity index (χ3n) is 9.65. The predicted molar refractivity (Wildman–Crippen MR) is 135 cm³/mol. The fourth-order valence-electron chi connectivity index (χ4n) is 8.03. The van der Waals surface area contributed by atoms with Crippen LogP contribution in [-0.2, 0) is 19.1 Å². The van der Waals surface area contributed by atoms with Crippen molar-refractivity contribution in [3.05, 3.63) is 23.8 Å². The molecule has 4 aliphatic rings. The predicted octanol–water partition coefficient (Wildman–Crippen LogP) is 4.84. The van der Waals surface area contributed by atoms with Crippen LogP contribution in [-0.4, -0.2) is 57.4 Å². The molecule has 0 unspecified atom stereocenters. The number of Topliss-reactive ketones (excluding diaryl/α,β-unsaturated/α-hetero) is 1. The van der Waals surface area contributed by atoms with Crippen molar-refractivity contribution in [1.82, 2.24) is 0 Å². The van der Waals surface area contributed by atoms with Gasteiger partial charge in [0.15, 0.2) is 22.8 Å². The highest BCUT2D eigenvalue weighted by Crippen LogP contribution is 2.71. The molecule has 0 saturated heterocycles. The number of ether oxygens (including phenoxy) is 1. The molecule has 3 fully saturated rings. The molecule has 0 aromatic carbocycles. The van der Waals surface area contributed by atoms with Crippen molar-refractivity contribution in [3.63, 3.8) is 0 Å². The maximum absolute atomic E-state index is 17.3. The summed E-state index contributed by atoms with van der Waals surface area (Å²) in [5, 5.41) is 11.5. The normalized spacial score (nSPS) is 44.2. The van der Waals surface area contributed by atoms with E-state index in [0.717, 1.165) is 5.75 Å². The van der Waals surface area contributed by atoms with Crippen LogP contribution in [0.4, 0.5) is 4.39 Å². The molecule has 0 bridgehead atoms. The van der Waals surface area contributed by atoms with E-state index in [1.807, 2.05) is 20.8 Å². The zero-order valence-corrected chi connectivity index (χ0v) is 22.5. The van der Waals surface area contributed by atoms with E-state index >= 15 is 4.39 Å². The second-order valence-electron chi connectivity index (χ2n) is 11.1. The Bertz CT molecular complexity index is 983. The molecule has 3 saturated carbocycles. The standard InChI is InChI=1S/C27H36ClFO5S/c1-5-35-11-9-23(33)34-27(22(32)15-28)16(2)12-20-19-7-6-17-13-18(30)8-10-24(17,3)26(19,29)21(31)14-25(20,27)4/h8,10,13,16,19-21,31H,5-7,9,11-12,14-15H2,1-4H3/t16-,19-,20-,21-,24-,25-,26-,27-/m0/s1. The SMILES string of the molecule is CCSCCC(=O)O[C@]1(C(=O)CCl)[C@@H](C)C[C@H]2[C@@H]3CCC4=CC(=O)C=C[C@]4(C)[C@@]3(F)[C@@H](O)C[C@@]21C. The molecule has 4 aliphatic carbocycles. The van der Waals surface area contributed by atoms with Crippen LogP contribution in [0.15, 0.2) is 23.8 Å². The van der Waals surface area contributed by atoms with Gasteiger partial charge in [-0.25, -0.2) is 4.39 Å². The quantitative estimate of drug-likeness (QED) is 0.290. The minimum absolute atomic E-state index is 0.0285. The van der Waals surface area contributed by atoms with Crippen LogP contribution in [0.1, 0.15) is 59.8 Å². The number of ketones is 2. The number of carbonyl (C=O) groups excluding carboxylic acids is 3. The summed E-state index contributed by atoms with van der Waals surface area (Å²) >= 11 is 7.71. The van der Waals surface area contributed by atoms with Gasteiger partial charge in [-0.2, -0.15) is 11.8 Å². The Morgan fingerprint density at radius 3 is 2.69 bits per heavy atom. The van der Waals surface area contributed by atoms with Crippen molar-refractivity contribution >= 4 is 40.9 Å². The number of hydrogen-bond acceptors (Lipinski definition) is 6. The average molecular weight is 527 g/mol. The van der Waals surface area contributed by atoms with Gasteiger partial charge in [0.05, 0.1) is 18.4 Å². The Balaban J connectivity index is 1.76. The molecule has 0 spiro atoms. The molecule has 0 aromatic heterocycles. The number of alkyl halides is 2. The second-order valence-corrected chi connectivity index (χ2v) is 12.8. The molecule has 1 N–H and O–H groups in total. The molecule has 0 amide bonds. The first-order valence-electron chi connectivity index (χ1n) is 12.6. The van der Waals surface area contributed by atoms with Crippen LogP contribution in [0.25, 0.3) is 0 Å². The van der Waals surface area contributed by atoms with E-state index in [4.69, 9.17) is 16.3 Å². The number of aliphatic hydroxyl groups is 1. The van der Waals surface area contributed by atoms with E-state index in [2.05, 4.69) is 0 Å². The Labute approximate surface area is 216 Å². The van der Waals surface area contributed by atoms with Crippen molar-refractivity contribution < 1.29 is 28.6 Å². The van der Waals surface area contributed by atoms with Crippen molar-refractivity contribution in [2.45, 2.75) is 77.2 Å². The highest BCUT2D eigenvalue weighted by Gasteiger charge is 2.77. The van der Waals surface area contributed by atoms with Crippen LogP contribution < -0.4 is 0 Å². The highest BCUT2D eigenvalue weighted by atomic mass is 35.5. The van der Waals surface area contributed by atoms with Crippen molar-refractivity contribution in [3.8, 4) is 0 Å².